The monoisotopic (exact) mass is 405 g/mol. The van der Waals surface area contributed by atoms with Crippen LogP contribution in [0.1, 0.15) is 48.9 Å². The third-order valence-corrected chi connectivity index (χ3v) is 6.68. The van der Waals surface area contributed by atoms with E-state index in [-0.39, 0.29) is 5.91 Å². The zero-order valence-corrected chi connectivity index (χ0v) is 17.1. The molecule has 4 nitrogen and oxygen atoms in total. The molecule has 2 aliphatic carbocycles. The van der Waals surface area contributed by atoms with Gasteiger partial charge >= 0.3 is 0 Å². The molecule has 2 aliphatic rings. The number of carbonyl (C=O) groups is 1. The fourth-order valence-electron chi connectivity index (χ4n) is 4.90. The molecule has 148 valence electrons. The smallest absolute Gasteiger partial charge is 0.236 e. The Kier molecular flexibility index (Phi) is 4.67. The lowest BCUT2D eigenvalue weighted by molar-refractivity contribution is -0.121. The maximum absolute atomic E-state index is 13.7. The van der Waals surface area contributed by atoms with Crippen LogP contribution in [0, 0.1) is 0 Å². The average molecular weight is 406 g/mol. The van der Waals surface area contributed by atoms with Gasteiger partial charge in [-0.25, -0.2) is 4.68 Å². The Hall–Kier alpha value is -2.59. The average Bonchev–Trinajstić information content (AvgIpc) is 3.47. The van der Waals surface area contributed by atoms with E-state index in [2.05, 4.69) is 5.32 Å². The summed E-state index contributed by atoms with van der Waals surface area (Å²) < 4.78 is 1.91. The fourth-order valence-corrected chi connectivity index (χ4v) is 5.02. The van der Waals surface area contributed by atoms with Gasteiger partial charge in [0, 0.05) is 10.6 Å². The van der Waals surface area contributed by atoms with Gasteiger partial charge < -0.3 is 5.32 Å². The summed E-state index contributed by atoms with van der Waals surface area (Å²) >= 11 is 6.10. The SMILES string of the molecule is O=C(Nc1c2c(nn1-c1ccccc1)CCC2)C1(c2ccc(Cl)cc2)CCCC1. The highest BCUT2D eigenvalue weighted by molar-refractivity contribution is 6.30. The third kappa shape index (κ3) is 3.16. The van der Waals surface area contributed by atoms with Crippen LogP contribution in [0.5, 0.6) is 0 Å². The van der Waals surface area contributed by atoms with Gasteiger partial charge in [0.2, 0.25) is 5.91 Å². The number of hydrogen-bond acceptors (Lipinski definition) is 2. The molecule has 29 heavy (non-hydrogen) atoms. The van der Waals surface area contributed by atoms with Crippen molar-refractivity contribution in [1.82, 2.24) is 9.78 Å². The number of rotatable bonds is 4. The van der Waals surface area contributed by atoms with Gasteiger partial charge in [-0.3, -0.25) is 4.79 Å². The minimum Gasteiger partial charge on any atom is -0.310 e. The van der Waals surface area contributed by atoms with Crippen LogP contribution in [0.2, 0.25) is 5.02 Å². The van der Waals surface area contributed by atoms with Crippen molar-refractivity contribution in [2.75, 3.05) is 5.32 Å². The molecule has 1 amide bonds. The normalized spacial score (nSPS) is 17.3. The van der Waals surface area contributed by atoms with Crippen LogP contribution in [0.15, 0.2) is 54.6 Å². The molecule has 2 aromatic carbocycles. The van der Waals surface area contributed by atoms with E-state index in [4.69, 9.17) is 16.7 Å². The van der Waals surface area contributed by atoms with Gasteiger partial charge in [0.15, 0.2) is 0 Å². The van der Waals surface area contributed by atoms with Crippen molar-refractivity contribution >= 4 is 23.3 Å². The summed E-state index contributed by atoms with van der Waals surface area (Å²) in [5.41, 5.74) is 3.83. The highest BCUT2D eigenvalue weighted by atomic mass is 35.5. The zero-order chi connectivity index (χ0) is 19.8. The van der Waals surface area contributed by atoms with Crippen LogP contribution in [0.4, 0.5) is 5.82 Å². The lowest BCUT2D eigenvalue weighted by Gasteiger charge is -2.28. The number of halogens is 1. The van der Waals surface area contributed by atoms with E-state index < -0.39 is 5.41 Å². The minimum atomic E-state index is -0.498. The molecule has 0 atom stereocenters. The fraction of sp³-hybridized carbons (Fsp3) is 0.333. The molecule has 1 fully saturated rings. The second-order valence-electron chi connectivity index (χ2n) is 8.12. The minimum absolute atomic E-state index is 0.0732. The molecular weight excluding hydrogens is 382 g/mol. The van der Waals surface area contributed by atoms with Gasteiger partial charge in [-0.1, -0.05) is 54.8 Å². The second kappa shape index (κ2) is 7.34. The van der Waals surface area contributed by atoms with Gasteiger partial charge in [-0.2, -0.15) is 5.10 Å². The standard InChI is InChI=1S/C24H24ClN3O/c25-18-13-11-17(12-14-18)24(15-4-5-16-24)23(29)26-22-20-9-6-10-21(20)27-28(22)19-7-2-1-3-8-19/h1-3,7-8,11-14H,4-6,9-10,15-16H2,(H,26,29). The van der Waals surface area contributed by atoms with E-state index in [1.54, 1.807) is 0 Å². The number of para-hydroxylation sites is 1. The number of carbonyl (C=O) groups excluding carboxylic acids is 1. The number of benzene rings is 2. The van der Waals surface area contributed by atoms with Crippen molar-refractivity contribution in [3.8, 4) is 5.69 Å². The predicted molar refractivity (Wildman–Crippen MR) is 116 cm³/mol. The Morgan fingerprint density at radius 2 is 1.69 bits per heavy atom. The van der Waals surface area contributed by atoms with E-state index in [0.29, 0.717) is 5.02 Å². The molecule has 1 N–H and O–H groups in total. The highest BCUT2D eigenvalue weighted by Gasteiger charge is 2.43. The molecule has 0 saturated heterocycles. The lowest BCUT2D eigenvalue weighted by atomic mass is 9.78. The van der Waals surface area contributed by atoms with Gasteiger partial charge in [0.25, 0.3) is 0 Å². The molecule has 5 rings (SSSR count). The number of amides is 1. The number of aromatic nitrogens is 2. The summed E-state index contributed by atoms with van der Waals surface area (Å²) in [5.74, 6) is 0.915. The van der Waals surface area contributed by atoms with E-state index in [9.17, 15) is 4.79 Å². The van der Waals surface area contributed by atoms with Crippen LogP contribution >= 0.6 is 11.6 Å². The Morgan fingerprint density at radius 3 is 2.41 bits per heavy atom. The molecule has 0 spiro atoms. The summed E-state index contributed by atoms with van der Waals surface area (Å²) in [6, 6.07) is 17.8. The topological polar surface area (TPSA) is 46.9 Å². The first-order chi connectivity index (χ1) is 14.2. The largest absolute Gasteiger partial charge is 0.310 e. The van der Waals surface area contributed by atoms with E-state index in [0.717, 1.165) is 67.7 Å². The summed E-state index contributed by atoms with van der Waals surface area (Å²) in [6.45, 7) is 0. The number of nitrogens with one attached hydrogen (secondary N) is 1. The van der Waals surface area contributed by atoms with Gasteiger partial charge in [0.1, 0.15) is 5.82 Å². The van der Waals surface area contributed by atoms with Gasteiger partial charge in [0.05, 0.1) is 16.8 Å². The molecular formula is C24H24ClN3O. The van der Waals surface area contributed by atoms with Gasteiger partial charge in [-0.15, -0.1) is 0 Å². The lowest BCUT2D eigenvalue weighted by Crippen LogP contribution is -2.38. The molecule has 0 bridgehead atoms. The first-order valence-corrected chi connectivity index (χ1v) is 10.8. The van der Waals surface area contributed by atoms with Crippen LogP contribution in [-0.4, -0.2) is 15.7 Å². The predicted octanol–water partition coefficient (Wildman–Crippen LogP) is 5.46. The van der Waals surface area contributed by atoms with Crippen LogP contribution in [0.3, 0.4) is 0 Å². The molecule has 1 aromatic heterocycles. The van der Waals surface area contributed by atoms with E-state index >= 15 is 0 Å². The first-order valence-electron chi connectivity index (χ1n) is 10.4. The number of anilines is 1. The van der Waals surface area contributed by atoms with Crippen molar-refractivity contribution in [1.29, 1.82) is 0 Å². The quantitative estimate of drug-likeness (QED) is 0.626. The van der Waals surface area contributed by atoms with Crippen LogP contribution < -0.4 is 5.32 Å². The zero-order valence-electron chi connectivity index (χ0n) is 16.3. The first kappa shape index (κ1) is 18.4. The third-order valence-electron chi connectivity index (χ3n) is 6.43. The number of fused-ring (bicyclic) bond motifs is 1. The van der Waals surface area contributed by atoms with Crippen molar-refractivity contribution < 1.29 is 4.79 Å². The van der Waals surface area contributed by atoms with E-state index in [1.165, 1.54) is 5.56 Å². The van der Waals surface area contributed by atoms with Crippen molar-refractivity contribution in [3.63, 3.8) is 0 Å². The van der Waals surface area contributed by atoms with Crippen molar-refractivity contribution in [3.05, 3.63) is 76.4 Å². The number of aryl methyl sites for hydroxylation is 1. The summed E-state index contributed by atoms with van der Waals surface area (Å²) in [5, 5.41) is 8.84. The number of hydrogen-bond donors (Lipinski definition) is 1. The molecule has 1 heterocycles. The Labute approximate surface area is 175 Å². The van der Waals surface area contributed by atoms with Gasteiger partial charge in [-0.05, 0) is 61.9 Å². The maximum atomic E-state index is 13.7. The Bertz CT molecular complexity index is 1030. The molecule has 0 radical (unpaired) electrons. The molecule has 0 aliphatic heterocycles. The molecule has 1 saturated carbocycles. The van der Waals surface area contributed by atoms with Crippen molar-refractivity contribution in [2.24, 2.45) is 0 Å². The second-order valence-corrected chi connectivity index (χ2v) is 8.56. The maximum Gasteiger partial charge on any atom is 0.236 e. The van der Waals surface area contributed by atoms with E-state index in [1.807, 2.05) is 59.3 Å². The number of nitrogens with zero attached hydrogens (tertiary/aromatic N) is 2. The summed E-state index contributed by atoms with van der Waals surface area (Å²) in [4.78, 5) is 13.7. The van der Waals surface area contributed by atoms with Crippen molar-refractivity contribution in [2.45, 2.75) is 50.4 Å². The van der Waals surface area contributed by atoms with Crippen LogP contribution in [-0.2, 0) is 23.1 Å². The Balaban J connectivity index is 1.54. The summed E-state index contributed by atoms with van der Waals surface area (Å²) in [7, 11) is 0. The highest BCUT2D eigenvalue weighted by Crippen LogP contribution is 2.43. The molecule has 5 heteroatoms. The molecule has 3 aromatic rings. The van der Waals surface area contributed by atoms with Crippen LogP contribution in [0.25, 0.3) is 5.69 Å². The Morgan fingerprint density at radius 1 is 0.966 bits per heavy atom. The molecule has 0 unspecified atom stereocenters. The summed E-state index contributed by atoms with van der Waals surface area (Å²) in [6.07, 6.45) is 6.88.